The fourth-order valence-electron chi connectivity index (χ4n) is 0.715. The average molecular weight is 271 g/mol. The number of rotatable bonds is 1. The molecule has 1 rings (SSSR count). The first-order chi connectivity index (χ1) is 5.41. The third-order valence-corrected chi connectivity index (χ3v) is 3.52. The molecule has 0 aliphatic rings. The van der Waals surface area contributed by atoms with E-state index in [1.807, 2.05) is 0 Å². The summed E-state index contributed by atoms with van der Waals surface area (Å²) in [7, 11) is 1.44. The first-order valence-corrected chi connectivity index (χ1v) is 6.01. The van der Waals surface area contributed by atoms with E-state index in [1.54, 1.807) is 0 Å². The van der Waals surface area contributed by atoms with Crippen LogP contribution in [0.2, 0.25) is 0 Å². The zero-order valence-electron chi connectivity index (χ0n) is 5.79. The minimum absolute atomic E-state index is 0.0263. The van der Waals surface area contributed by atoms with E-state index in [0.717, 1.165) is 0 Å². The molecule has 0 saturated heterocycles. The Morgan fingerprint density at radius 3 is 2.42 bits per heavy atom. The van der Waals surface area contributed by atoms with Crippen LogP contribution in [-0.4, -0.2) is 8.42 Å². The van der Waals surface area contributed by atoms with Crippen molar-refractivity contribution in [1.82, 2.24) is 0 Å². The Bertz CT molecular complexity index is 404. The Balaban J connectivity index is 3.39. The summed E-state index contributed by atoms with van der Waals surface area (Å²) in [6.07, 6.45) is 0. The van der Waals surface area contributed by atoms with E-state index in [4.69, 9.17) is 16.4 Å². The lowest BCUT2D eigenvalue weighted by molar-refractivity contribution is 0.609. The van der Waals surface area contributed by atoms with Gasteiger partial charge in [0.2, 0.25) is 0 Å². The number of nitrogen functional groups attached to an aromatic ring is 1. The number of hydrogen-bond acceptors (Lipinski definition) is 3. The van der Waals surface area contributed by atoms with Crippen molar-refractivity contribution < 1.29 is 8.42 Å². The molecular formula is C6H5BrClNO2S. The van der Waals surface area contributed by atoms with Crippen molar-refractivity contribution >= 4 is 41.4 Å². The van der Waals surface area contributed by atoms with Gasteiger partial charge in [0.05, 0.1) is 4.90 Å². The van der Waals surface area contributed by atoms with Crippen LogP contribution in [0.25, 0.3) is 0 Å². The van der Waals surface area contributed by atoms with Crippen LogP contribution in [0.1, 0.15) is 0 Å². The fourth-order valence-corrected chi connectivity index (χ4v) is 2.96. The van der Waals surface area contributed by atoms with Crippen LogP contribution >= 0.6 is 26.6 Å². The zero-order chi connectivity index (χ0) is 9.35. The molecule has 66 valence electrons. The van der Waals surface area contributed by atoms with Crippen molar-refractivity contribution in [2.45, 2.75) is 4.90 Å². The Labute approximate surface area is 83.1 Å². The Hall–Kier alpha value is -0.260. The highest BCUT2D eigenvalue weighted by Gasteiger charge is 2.13. The van der Waals surface area contributed by atoms with Gasteiger partial charge in [-0.05, 0) is 34.1 Å². The molecule has 0 aromatic heterocycles. The van der Waals surface area contributed by atoms with Crippen LogP contribution in [0, 0.1) is 0 Å². The van der Waals surface area contributed by atoms with Gasteiger partial charge < -0.3 is 5.73 Å². The molecule has 0 radical (unpaired) electrons. The van der Waals surface area contributed by atoms with E-state index >= 15 is 0 Å². The Morgan fingerprint density at radius 2 is 2.00 bits per heavy atom. The van der Waals surface area contributed by atoms with Crippen LogP contribution in [0.3, 0.4) is 0 Å². The monoisotopic (exact) mass is 269 g/mol. The maximum Gasteiger partial charge on any atom is 0.262 e. The third kappa shape index (κ3) is 2.12. The van der Waals surface area contributed by atoms with E-state index in [-0.39, 0.29) is 4.90 Å². The van der Waals surface area contributed by atoms with Crippen molar-refractivity contribution in [3.05, 3.63) is 22.7 Å². The Morgan fingerprint density at radius 1 is 1.42 bits per heavy atom. The minimum atomic E-state index is -3.68. The molecule has 2 N–H and O–H groups in total. The maximum atomic E-state index is 10.9. The van der Waals surface area contributed by atoms with Gasteiger partial charge in [-0.25, -0.2) is 8.42 Å². The Kier molecular flexibility index (Phi) is 2.65. The van der Waals surface area contributed by atoms with Crippen LogP contribution in [-0.2, 0) is 9.05 Å². The summed E-state index contributed by atoms with van der Waals surface area (Å²) >= 11 is 3.04. The standard InChI is InChI=1S/C6H5BrClNO2S/c7-5-3-4(9)1-2-6(5)12(8,10)11/h1-3H,9H2. The quantitative estimate of drug-likeness (QED) is 0.627. The molecule has 0 aliphatic heterocycles. The summed E-state index contributed by atoms with van der Waals surface area (Å²) in [6, 6.07) is 4.30. The van der Waals surface area contributed by atoms with E-state index in [2.05, 4.69) is 15.9 Å². The second-order valence-electron chi connectivity index (χ2n) is 2.13. The zero-order valence-corrected chi connectivity index (χ0v) is 8.95. The number of benzene rings is 1. The van der Waals surface area contributed by atoms with Crippen molar-refractivity contribution in [1.29, 1.82) is 0 Å². The number of hydrogen-bond donors (Lipinski definition) is 1. The smallest absolute Gasteiger partial charge is 0.262 e. The number of nitrogens with two attached hydrogens (primary N) is 1. The van der Waals surface area contributed by atoms with E-state index in [9.17, 15) is 8.42 Å². The van der Waals surface area contributed by atoms with Gasteiger partial charge in [-0.1, -0.05) is 0 Å². The number of anilines is 1. The third-order valence-electron chi connectivity index (χ3n) is 1.22. The highest BCUT2D eigenvalue weighted by Crippen LogP contribution is 2.26. The molecule has 3 nitrogen and oxygen atoms in total. The normalized spacial score (nSPS) is 11.5. The number of halogens is 2. The summed E-state index contributed by atoms with van der Waals surface area (Å²) in [5.41, 5.74) is 5.88. The van der Waals surface area contributed by atoms with E-state index < -0.39 is 9.05 Å². The van der Waals surface area contributed by atoms with E-state index in [0.29, 0.717) is 10.2 Å². The predicted molar refractivity (Wildman–Crippen MR) is 51.6 cm³/mol. The molecule has 0 heterocycles. The molecule has 0 spiro atoms. The van der Waals surface area contributed by atoms with Crippen LogP contribution in [0.15, 0.2) is 27.6 Å². The molecule has 6 heteroatoms. The van der Waals surface area contributed by atoms with Gasteiger partial charge >= 0.3 is 0 Å². The summed E-state index contributed by atoms with van der Waals surface area (Å²) < 4.78 is 22.1. The largest absolute Gasteiger partial charge is 0.399 e. The first-order valence-electron chi connectivity index (χ1n) is 2.91. The summed E-state index contributed by atoms with van der Waals surface area (Å²) in [5.74, 6) is 0. The SMILES string of the molecule is Nc1ccc(S(=O)(=O)Cl)c(Br)c1. The van der Waals surface area contributed by atoms with Gasteiger partial charge in [-0.2, -0.15) is 0 Å². The fraction of sp³-hybridized carbons (Fsp3) is 0. The van der Waals surface area contributed by atoms with Gasteiger partial charge in [-0.3, -0.25) is 0 Å². The van der Waals surface area contributed by atoms with Crippen molar-refractivity contribution in [2.24, 2.45) is 0 Å². The summed E-state index contributed by atoms with van der Waals surface area (Å²) in [6.45, 7) is 0. The lowest BCUT2D eigenvalue weighted by Crippen LogP contribution is -1.93. The maximum absolute atomic E-state index is 10.9. The first kappa shape index (κ1) is 9.83. The second-order valence-corrected chi connectivity index (χ2v) is 5.52. The van der Waals surface area contributed by atoms with Crippen LogP contribution < -0.4 is 5.73 Å². The van der Waals surface area contributed by atoms with Crippen LogP contribution in [0.5, 0.6) is 0 Å². The second kappa shape index (κ2) is 3.24. The van der Waals surface area contributed by atoms with E-state index in [1.165, 1.54) is 18.2 Å². The molecule has 0 amide bonds. The molecule has 0 fully saturated rings. The average Bonchev–Trinajstić information content (AvgIpc) is 1.83. The predicted octanol–water partition coefficient (Wildman–Crippen LogP) is 1.96. The molecule has 0 aliphatic carbocycles. The topological polar surface area (TPSA) is 60.2 Å². The molecular weight excluding hydrogens is 265 g/mol. The van der Waals surface area contributed by atoms with Gasteiger partial charge in [0.1, 0.15) is 0 Å². The van der Waals surface area contributed by atoms with Gasteiger partial charge in [0.15, 0.2) is 0 Å². The highest BCUT2D eigenvalue weighted by atomic mass is 79.9. The molecule has 12 heavy (non-hydrogen) atoms. The van der Waals surface area contributed by atoms with Gasteiger partial charge in [-0.15, -0.1) is 0 Å². The summed E-state index contributed by atoms with van der Waals surface area (Å²) in [5, 5.41) is 0. The molecule has 0 atom stereocenters. The summed E-state index contributed by atoms with van der Waals surface area (Å²) in [4.78, 5) is 0.0263. The molecule has 0 saturated carbocycles. The van der Waals surface area contributed by atoms with Crippen molar-refractivity contribution in [3.63, 3.8) is 0 Å². The minimum Gasteiger partial charge on any atom is -0.399 e. The lowest BCUT2D eigenvalue weighted by atomic mass is 10.3. The molecule has 0 unspecified atom stereocenters. The van der Waals surface area contributed by atoms with Crippen LogP contribution in [0.4, 0.5) is 5.69 Å². The van der Waals surface area contributed by atoms with Gasteiger partial charge in [0.25, 0.3) is 9.05 Å². The lowest BCUT2D eigenvalue weighted by Gasteiger charge is -2.00. The molecule has 1 aromatic carbocycles. The highest BCUT2D eigenvalue weighted by molar-refractivity contribution is 9.10. The van der Waals surface area contributed by atoms with Crippen molar-refractivity contribution in [3.8, 4) is 0 Å². The van der Waals surface area contributed by atoms with Crippen molar-refractivity contribution in [2.75, 3.05) is 5.73 Å². The molecule has 1 aromatic rings. The molecule has 0 bridgehead atoms. The van der Waals surface area contributed by atoms with Gasteiger partial charge in [0, 0.05) is 20.8 Å².